The number of aromatic nitrogens is 1. The summed E-state index contributed by atoms with van der Waals surface area (Å²) in [6.45, 7) is 2.65. The summed E-state index contributed by atoms with van der Waals surface area (Å²) >= 11 is 5.97. The Bertz CT molecular complexity index is 644. The Morgan fingerprint density at radius 1 is 1.19 bits per heavy atom. The van der Waals surface area contributed by atoms with Gasteiger partial charge in [0.15, 0.2) is 0 Å². The van der Waals surface area contributed by atoms with Crippen molar-refractivity contribution in [2.75, 3.05) is 35.0 Å². The lowest BCUT2D eigenvalue weighted by molar-refractivity contribution is -0.377. The minimum atomic E-state index is -1.13. The number of alkyl halides is 1. The van der Waals surface area contributed by atoms with Gasteiger partial charge in [-0.05, 0) is 18.6 Å². The summed E-state index contributed by atoms with van der Waals surface area (Å²) in [6.07, 6.45) is -1.69. The van der Waals surface area contributed by atoms with E-state index in [1.165, 1.54) is 0 Å². The average Bonchev–Trinajstić information content (AvgIpc) is 3.00. The molecule has 1 aromatic heterocycles. The Kier molecular flexibility index (Phi) is 6.18. The molecule has 7 nitrogen and oxygen atoms in total. The summed E-state index contributed by atoms with van der Waals surface area (Å²) in [5, 5.41) is 0. The van der Waals surface area contributed by atoms with E-state index in [0.29, 0.717) is 19.1 Å². The molecule has 1 saturated heterocycles. The molecule has 3 heterocycles. The van der Waals surface area contributed by atoms with Gasteiger partial charge in [0.05, 0.1) is 24.8 Å². The third-order valence-electron chi connectivity index (χ3n) is 5.08. The quantitative estimate of drug-likeness (QED) is 0.690. The molecule has 3 rings (SSSR count). The number of fused-ring (bicyclic) bond motifs is 2. The minimum absolute atomic E-state index is 0.335. The number of nitrogens with zero attached hydrogens (tertiary/aromatic N) is 1. The molecular formula is C18H26ClNO6. The monoisotopic (exact) mass is 387 g/mol. The van der Waals surface area contributed by atoms with E-state index in [1.54, 1.807) is 28.4 Å². The van der Waals surface area contributed by atoms with E-state index < -0.39 is 18.0 Å². The van der Waals surface area contributed by atoms with Crippen LogP contribution >= 0.6 is 11.6 Å². The number of pyridine rings is 1. The minimum Gasteiger partial charge on any atom is -0.382 e. The van der Waals surface area contributed by atoms with E-state index in [-0.39, 0.29) is 12.2 Å². The van der Waals surface area contributed by atoms with Gasteiger partial charge in [-0.1, -0.05) is 0 Å². The highest BCUT2D eigenvalue weighted by atomic mass is 35.5. The maximum absolute atomic E-state index is 6.45. The van der Waals surface area contributed by atoms with Crippen molar-refractivity contribution in [3.05, 3.63) is 28.6 Å². The van der Waals surface area contributed by atoms with Crippen LogP contribution in [0.5, 0.6) is 0 Å². The maximum Gasteiger partial charge on any atom is 0.227 e. The van der Waals surface area contributed by atoms with Gasteiger partial charge in [0.25, 0.3) is 0 Å². The second-order valence-corrected chi connectivity index (χ2v) is 6.76. The molecule has 1 spiro atoms. The predicted molar refractivity (Wildman–Crippen MR) is 94.1 cm³/mol. The van der Waals surface area contributed by atoms with Crippen molar-refractivity contribution in [3.63, 3.8) is 0 Å². The van der Waals surface area contributed by atoms with Crippen LogP contribution in [0.25, 0.3) is 0 Å². The first kappa shape index (κ1) is 19.9. The number of aryl methyl sites for hydroxylation is 1. The molecule has 8 heteroatoms. The molecule has 1 fully saturated rings. The summed E-state index contributed by atoms with van der Waals surface area (Å²) in [5.74, 6) is -0.792. The Balaban J connectivity index is 2.11. The Labute approximate surface area is 158 Å². The fourth-order valence-electron chi connectivity index (χ4n) is 4.13. The molecule has 0 aromatic carbocycles. The highest BCUT2D eigenvalue weighted by Gasteiger charge is 2.61. The van der Waals surface area contributed by atoms with Gasteiger partial charge < -0.3 is 28.4 Å². The van der Waals surface area contributed by atoms with Gasteiger partial charge in [0.1, 0.15) is 24.4 Å². The van der Waals surface area contributed by atoms with Gasteiger partial charge in [0, 0.05) is 39.7 Å². The van der Waals surface area contributed by atoms with Gasteiger partial charge >= 0.3 is 0 Å². The second-order valence-electron chi connectivity index (χ2n) is 6.49. The van der Waals surface area contributed by atoms with Crippen molar-refractivity contribution < 1.29 is 28.4 Å². The average molecular weight is 388 g/mol. The van der Waals surface area contributed by atoms with E-state index in [9.17, 15) is 0 Å². The standard InChI is InChI=1S/C18H26ClNO6/c1-10-14-11(6-12(7-19)20-10)8-25-18(14)17(24-5)16(23-4)15(22-3)13(26-18)9-21-2/h6,13,15-17H,7-9H2,1-5H3/t13-,15-,16+,17-,18?/m1/s1. The van der Waals surface area contributed by atoms with E-state index >= 15 is 0 Å². The van der Waals surface area contributed by atoms with Crippen molar-refractivity contribution in [3.8, 4) is 0 Å². The molecule has 146 valence electrons. The van der Waals surface area contributed by atoms with Crippen LogP contribution in [0.1, 0.15) is 22.5 Å². The fraction of sp³-hybridized carbons (Fsp3) is 0.722. The molecule has 2 aliphatic heterocycles. The van der Waals surface area contributed by atoms with Crippen molar-refractivity contribution in [2.45, 2.75) is 49.6 Å². The summed E-state index contributed by atoms with van der Waals surface area (Å²) in [6, 6.07) is 1.95. The van der Waals surface area contributed by atoms with Gasteiger partial charge in [-0.2, -0.15) is 0 Å². The highest BCUT2D eigenvalue weighted by Crippen LogP contribution is 2.49. The molecule has 0 radical (unpaired) electrons. The lowest BCUT2D eigenvalue weighted by Gasteiger charge is -2.50. The smallest absolute Gasteiger partial charge is 0.227 e. The lowest BCUT2D eigenvalue weighted by atomic mass is 9.86. The van der Waals surface area contributed by atoms with Crippen LogP contribution < -0.4 is 0 Å². The van der Waals surface area contributed by atoms with Crippen LogP contribution in [0.2, 0.25) is 0 Å². The molecular weight excluding hydrogens is 362 g/mol. The number of rotatable bonds is 6. The molecule has 1 aromatic rings. The van der Waals surface area contributed by atoms with Gasteiger partial charge in [-0.15, -0.1) is 11.6 Å². The first-order valence-electron chi connectivity index (χ1n) is 8.51. The normalized spacial score (nSPS) is 33.6. The predicted octanol–water partition coefficient (Wildman–Crippen LogP) is 1.90. The molecule has 26 heavy (non-hydrogen) atoms. The Morgan fingerprint density at radius 3 is 2.50 bits per heavy atom. The van der Waals surface area contributed by atoms with Crippen LogP contribution in [0.15, 0.2) is 6.07 Å². The van der Waals surface area contributed by atoms with E-state index in [2.05, 4.69) is 4.98 Å². The largest absolute Gasteiger partial charge is 0.382 e. The van der Waals surface area contributed by atoms with Crippen LogP contribution in [0.3, 0.4) is 0 Å². The molecule has 0 aliphatic carbocycles. The van der Waals surface area contributed by atoms with Crippen LogP contribution in [-0.2, 0) is 46.7 Å². The van der Waals surface area contributed by atoms with Crippen molar-refractivity contribution in [1.82, 2.24) is 4.98 Å². The topological polar surface area (TPSA) is 68.3 Å². The SMILES string of the molecule is COC[C@H]1OC2(OCc3cc(CCl)nc(C)c32)[C@H](OC)[C@@H](OC)[C@@H]1OC. The van der Waals surface area contributed by atoms with Crippen molar-refractivity contribution >= 4 is 11.6 Å². The van der Waals surface area contributed by atoms with Crippen LogP contribution in [0.4, 0.5) is 0 Å². The van der Waals surface area contributed by atoms with Crippen LogP contribution in [0, 0.1) is 6.92 Å². The molecule has 0 amide bonds. The van der Waals surface area contributed by atoms with E-state index in [4.69, 9.17) is 40.0 Å². The molecule has 1 unspecified atom stereocenters. The molecule has 2 aliphatic rings. The highest BCUT2D eigenvalue weighted by molar-refractivity contribution is 6.16. The number of hydrogen-bond donors (Lipinski definition) is 0. The van der Waals surface area contributed by atoms with Gasteiger partial charge in [0.2, 0.25) is 5.79 Å². The molecule has 0 bridgehead atoms. The summed E-state index contributed by atoms with van der Waals surface area (Å²) < 4.78 is 35.2. The zero-order valence-corrected chi connectivity index (χ0v) is 16.5. The van der Waals surface area contributed by atoms with Crippen molar-refractivity contribution in [1.29, 1.82) is 0 Å². The fourth-order valence-corrected chi connectivity index (χ4v) is 4.26. The second kappa shape index (κ2) is 8.06. The number of methoxy groups -OCH3 is 4. The van der Waals surface area contributed by atoms with Gasteiger partial charge in [-0.25, -0.2) is 0 Å². The first-order chi connectivity index (χ1) is 12.6. The Morgan fingerprint density at radius 2 is 1.92 bits per heavy atom. The third-order valence-corrected chi connectivity index (χ3v) is 5.36. The zero-order chi connectivity index (χ0) is 18.9. The summed E-state index contributed by atoms with van der Waals surface area (Å²) in [5.41, 5.74) is 3.48. The maximum atomic E-state index is 6.45. The first-order valence-corrected chi connectivity index (χ1v) is 9.04. The van der Waals surface area contributed by atoms with Crippen molar-refractivity contribution in [2.24, 2.45) is 0 Å². The number of halogens is 1. The molecule has 5 atom stereocenters. The Hall–Kier alpha value is -0.800. The summed E-state index contributed by atoms with van der Waals surface area (Å²) in [7, 11) is 6.48. The lowest BCUT2D eigenvalue weighted by Crippen LogP contribution is -2.65. The number of ether oxygens (including phenoxy) is 6. The van der Waals surface area contributed by atoms with Crippen LogP contribution in [-0.4, -0.2) is 64.4 Å². The molecule has 0 N–H and O–H groups in total. The van der Waals surface area contributed by atoms with E-state index in [0.717, 1.165) is 22.5 Å². The zero-order valence-electron chi connectivity index (χ0n) is 15.8. The van der Waals surface area contributed by atoms with E-state index in [1.807, 2.05) is 13.0 Å². The number of hydrogen-bond acceptors (Lipinski definition) is 7. The summed E-state index contributed by atoms with van der Waals surface area (Å²) in [4.78, 5) is 4.59. The molecule has 0 saturated carbocycles. The third kappa shape index (κ3) is 3.05. The van der Waals surface area contributed by atoms with Gasteiger partial charge in [-0.3, -0.25) is 4.98 Å².